The quantitative estimate of drug-likeness (QED) is 0.446. The molecule has 0 aromatic rings. The first kappa shape index (κ1) is 8.40. The van der Waals surface area contributed by atoms with Gasteiger partial charge in [0.05, 0.1) is 0 Å². The molecule has 0 aliphatic carbocycles. The van der Waals surface area contributed by atoms with Gasteiger partial charge < -0.3 is 0 Å². The summed E-state index contributed by atoms with van der Waals surface area (Å²) in [5.74, 6) is 0. The highest BCUT2D eigenvalue weighted by Gasteiger charge is 2.19. The average molecular weight is 157 g/mol. The zero-order chi connectivity index (χ0) is 8.10. The summed E-state index contributed by atoms with van der Waals surface area (Å²) in [5.41, 5.74) is 0. The van der Waals surface area contributed by atoms with Crippen molar-refractivity contribution in [3.05, 3.63) is 12.2 Å². The van der Waals surface area contributed by atoms with Crippen LogP contribution in [-0.4, -0.2) is 37.0 Å². The van der Waals surface area contributed by atoms with E-state index in [0.717, 1.165) is 12.8 Å². The minimum atomic E-state index is -0.667. The molecule has 1 rings (SSSR count). The number of hydrogen-bond acceptors (Lipinski definition) is 2. The summed E-state index contributed by atoms with van der Waals surface area (Å²) in [6.45, 7) is 2.02. The van der Waals surface area contributed by atoms with Crippen molar-refractivity contribution in [3.8, 4) is 0 Å². The zero-order valence-corrected chi connectivity index (χ0v) is 6.37. The summed E-state index contributed by atoms with van der Waals surface area (Å²) in [5, 5.41) is 0. The maximum Gasteiger partial charge on any atom is 0.142 e. The van der Waals surface area contributed by atoms with E-state index in [0.29, 0.717) is 19.5 Å². The van der Waals surface area contributed by atoms with Crippen LogP contribution >= 0.6 is 0 Å². The van der Waals surface area contributed by atoms with Crippen molar-refractivity contribution < 1.29 is 9.18 Å². The Balaban J connectivity index is 2.17. The second-order valence-corrected chi connectivity index (χ2v) is 2.71. The lowest BCUT2D eigenvalue weighted by Crippen LogP contribution is -2.20. The third-order valence-corrected chi connectivity index (χ3v) is 1.79. The number of allylic oxidation sites excluding steroid dienone is 1. The Labute approximate surface area is 65.7 Å². The molecule has 3 heteroatoms. The largest absolute Gasteiger partial charge is 0.299 e. The minimum absolute atomic E-state index is 0.517. The summed E-state index contributed by atoms with van der Waals surface area (Å²) in [6, 6.07) is 0. The van der Waals surface area contributed by atoms with Crippen LogP contribution in [0.2, 0.25) is 0 Å². The van der Waals surface area contributed by atoms with Gasteiger partial charge in [0.25, 0.3) is 0 Å². The molecule has 1 aliphatic heterocycles. The van der Waals surface area contributed by atoms with E-state index >= 15 is 0 Å². The van der Waals surface area contributed by atoms with E-state index in [-0.39, 0.29) is 0 Å². The molecule has 0 amide bonds. The van der Waals surface area contributed by atoms with Crippen LogP contribution in [0.5, 0.6) is 0 Å². The zero-order valence-electron chi connectivity index (χ0n) is 6.37. The first-order chi connectivity index (χ1) is 5.33. The Morgan fingerprint density at radius 3 is 3.00 bits per heavy atom. The third kappa shape index (κ3) is 2.80. The van der Waals surface area contributed by atoms with E-state index in [1.807, 2.05) is 4.90 Å². The normalized spacial score (nSPS) is 26.5. The van der Waals surface area contributed by atoms with E-state index in [4.69, 9.17) is 0 Å². The maximum absolute atomic E-state index is 12.5. The lowest BCUT2D eigenvalue weighted by Gasteiger charge is -2.09. The maximum atomic E-state index is 12.5. The van der Waals surface area contributed by atoms with Crippen molar-refractivity contribution in [3.63, 3.8) is 0 Å². The van der Waals surface area contributed by atoms with E-state index in [9.17, 15) is 9.18 Å². The molecule has 0 N–H and O–H groups in total. The van der Waals surface area contributed by atoms with Crippen molar-refractivity contribution in [1.82, 2.24) is 4.90 Å². The molecule has 1 fully saturated rings. The van der Waals surface area contributed by atoms with Gasteiger partial charge in [-0.2, -0.15) is 0 Å². The van der Waals surface area contributed by atoms with Gasteiger partial charge in [0.2, 0.25) is 0 Å². The van der Waals surface area contributed by atoms with Crippen LogP contribution in [0.4, 0.5) is 4.39 Å². The molecule has 1 unspecified atom stereocenters. The predicted molar refractivity (Wildman–Crippen MR) is 41.2 cm³/mol. The Morgan fingerprint density at radius 1 is 1.64 bits per heavy atom. The van der Waals surface area contributed by atoms with Gasteiger partial charge in [-0.3, -0.25) is 9.69 Å². The van der Waals surface area contributed by atoms with Crippen LogP contribution in [0.25, 0.3) is 0 Å². The van der Waals surface area contributed by atoms with Crippen LogP contribution in [0.3, 0.4) is 0 Å². The highest BCUT2D eigenvalue weighted by Crippen LogP contribution is 2.11. The molecule has 1 heterocycles. The molecule has 62 valence electrons. The lowest BCUT2D eigenvalue weighted by molar-refractivity contribution is -0.104. The minimum Gasteiger partial charge on any atom is -0.299 e. The second-order valence-electron chi connectivity index (χ2n) is 2.71. The number of alkyl halides is 1. The molecule has 1 atom stereocenters. The lowest BCUT2D eigenvalue weighted by atomic mass is 10.3. The fourth-order valence-electron chi connectivity index (χ4n) is 1.22. The summed E-state index contributed by atoms with van der Waals surface area (Å²) in [7, 11) is 0. The monoisotopic (exact) mass is 157 g/mol. The molecule has 0 bridgehead atoms. The van der Waals surface area contributed by atoms with Crippen LogP contribution < -0.4 is 0 Å². The first-order valence-corrected chi connectivity index (χ1v) is 3.79. The van der Waals surface area contributed by atoms with Gasteiger partial charge >= 0.3 is 0 Å². The van der Waals surface area contributed by atoms with Crippen molar-refractivity contribution in [2.24, 2.45) is 0 Å². The van der Waals surface area contributed by atoms with Crippen molar-refractivity contribution in [2.75, 3.05) is 19.6 Å². The molecule has 0 aromatic carbocycles. The topological polar surface area (TPSA) is 20.3 Å². The first-order valence-electron chi connectivity index (χ1n) is 3.79. The molecule has 11 heavy (non-hydrogen) atoms. The van der Waals surface area contributed by atoms with Gasteiger partial charge in [-0.1, -0.05) is 6.08 Å². The Morgan fingerprint density at radius 2 is 2.45 bits per heavy atom. The molecule has 2 nitrogen and oxygen atoms in total. The fraction of sp³-hybridized carbons (Fsp3) is 0.625. The third-order valence-electron chi connectivity index (χ3n) is 1.79. The SMILES string of the molecule is O=CC=CCN1CCC(F)C1. The molecule has 1 saturated heterocycles. The molecule has 1 aliphatic rings. The number of hydrogen-bond donors (Lipinski definition) is 0. The van der Waals surface area contributed by atoms with E-state index in [1.54, 1.807) is 6.08 Å². The van der Waals surface area contributed by atoms with Gasteiger partial charge in [-0.15, -0.1) is 0 Å². The van der Waals surface area contributed by atoms with Gasteiger partial charge in [0, 0.05) is 19.6 Å². The standard InChI is InChI=1S/C8H12FNO/c9-8-3-5-10(7-8)4-1-2-6-11/h1-2,6,8H,3-5,7H2. The highest BCUT2D eigenvalue weighted by atomic mass is 19.1. The summed E-state index contributed by atoms with van der Waals surface area (Å²) in [6.07, 6.45) is 3.91. The van der Waals surface area contributed by atoms with E-state index < -0.39 is 6.17 Å². The molecule has 0 spiro atoms. The van der Waals surface area contributed by atoms with Crippen LogP contribution in [0.1, 0.15) is 6.42 Å². The number of carbonyl (C=O) groups excluding carboxylic acids is 1. The van der Waals surface area contributed by atoms with Gasteiger partial charge in [-0.25, -0.2) is 4.39 Å². The molecule has 0 aromatic heterocycles. The molecular weight excluding hydrogens is 145 g/mol. The van der Waals surface area contributed by atoms with Crippen LogP contribution in [0, 0.1) is 0 Å². The van der Waals surface area contributed by atoms with Crippen molar-refractivity contribution in [1.29, 1.82) is 0 Å². The number of aldehydes is 1. The Bertz CT molecular complexity index is 158. The smallest absolute Gasteiger partial charge is 0.142 e. The van der Waals surface area contributed by atoms with Crippen LogP contribution in [-0.2, 0) is 4.79 Å². The summed E-state index contributed by atoms with van der Waals surface area (Å²) in [4.78, 5) is 11.9. The Hall–Kier alpha value is -0.700. The Kier molecular flexibility index (Phi) is 3.23. The second kappa shape index (κ2) is 4.23. The number of halogens is 1. The van der Waals surface area contributed by atoms with Gasteiger partial charge in [0.15, 0.2) is 0 Å². The number of carbonyl (C=O) groups is 1. The molecule has 0 saturated carbocycles. The van der Waals surface area contributed by atoms with E-state index in [2.05, 4.69) is 0 Å². The molecule has 0 radical (unpaired) electrons. The number of nitrogens with zero attached hydrogens (tertiary/aromatic N) is 1. The van der Waals surface area contributed by atoms with Gasteiger partial charge in [-0.05, 0) is 12.5 Å². The summed E-state index contributed by atoms with van der Waals surface area (Å²) >= 11 is 0. The van der Waals surface area contributed by atoms with Crippen LogP contribution in [0.15, 0.2) is 12.2 Å². The van der Waals surface area contributed by atoms with Crippen molar-refractivity contribution in [2.45, 2.75) is 12.6 Å². The van der Waals surface area contributed by atoms with Crippen molar-refractivity contribution >= 4 is 6.29 Å². The molecular formula is C8H12FNO. The predicted octanol–water partition coefficient (Wildman–Crippen LogP) is 0.785. The van der Waals surface area contributed by atoms with Gasteiger partial charge in [0.1, 0.15) is 12.5 Å². The summed E-state index contributed by atoms with van der Waals surface area (Å²) < 4.78 is 12.5. The highest BCUT2D eigenvalue weighted by molar-refractivity contribution is 5.64. The average Bonchev–Trinajstić information content (AvgIpc) is 2.37. The van der Waals surface area contributed by atoms with E-state index in [1.165, 1.54) is 6.08 Å². The fourth-order valence-corrected chi connectivity index (χ4v) is 1.22. The number of rotatable bonds is 3. The number of likely N-dealkylation sites (tertiary alicyclic amines) is 1.